The van der Waals surface area contributed by atoms with Gasteiger partial charge in [-0.2, -0.15) is 17.0 Å². The molecular formula is C21H36N4O4S. The first-order valence-corrected chi connectivity index (χ1v) is 13.1. The predicted molar refractivity (Wildman–Crippen MR) is 114 cm³/mol. The van der Waals surface area contributed by atoms with Gasteiger partial charge in [-0.05, 0) is 25.7 Å². The van der Waals surface area contributed by atoms with Crippen LogP contribution in [0, 0.1) is 5.92 Å². The van der Waals surface area contributed by atoms with E-state index in [0.717, 1.165) is 38.5 Å². The molecule has 0 aromatic heterocycles. The summed E-state index contributed by atoms with van der Waals surface area (Å²) in [6, 6.07) is 0.405. The van der Waals surface area contributed by atoms with Gasteiger partial charge in [0.05, 0.1) is 5.92 Å². The number of nitrogens with zero attached hydrogens (tertiary/aromatic N) is 4. The van der Waals surface area contributed by atoms with Crippen molar-refractivity contribution in [2.24, 2.45) is 5.92 Å². The Morgan fingerprint density at radius 3 is 2.17 bits per heavy atom. The maximum atomic E-state index is 13.0. The van der Waals surface area contributed by atoms with Gasteiger partial charge >= 0.3 is 0 Å². The highest BCUT2D eigenvalue weighted by Gasteiger charge is 2.42. The van der Waals surface area contributed by atoms with Crippen LogP contribution in [0.4, 0.5) is 0 Å². The first-order valence-electron chi connectivity index (χ1n) is 11.7. The van der Waals surface area contributed by atoms with Gasteiger partial charge in [0.25, 0.3) is 10.2 Å². The van der Waals surface area contributed by atoms with Crippen LogP contribution >= 0.6 is 0 Å². The maximum absolute atomic E-state index is 13.0. The molecule has 9 heteroatoms. The SMILES string of the molecule is CN(C1CCCCC1)S(=O)(=O)N1CCN(C(=O)C2CC(=O)N(C3CCCC3)C2)CC1. The van der Waals surface area contributed by atoms with Gasteiger partial charge in [0, 0.05) is 58.3 Å². The first kappa shape index (κ1) is 22.0. The molecule has 4 fully saturated rings. The van der Waals surface area contributed by atoms with E-state index in [0.29, 0.717) is 45.2 Å². The molecule has 4 aliphatic rings. The number of carbonyl (C=O) groups excluding carboxylic acids is 2. The van der Waals surface area contributed by atoms with Crippen LogP contribution in [-0.4, -0.2) is 90.5 Å². The molecule has 8 nitrogen and oxygen atoms in total. The molecule has 1 unspecified atom stereocenters. The average molecular weight is 441 g/mol. The highest BCUT2D eigenvalue weighted by molar-refractivity contribution is 7.86. The average Bonchev–Trinajstić information content (AvgIpc) is 3.43. The second kappa shape index (κ2) is 9.12. The third-order valence-electron chi connectivity index (χ3n) is 7.60. The van der Waals surface area contributed by atoms with Gasteiger partial charge in [-0.25, -0.2) is 0 Å². The van der Waals surface area contributed by atoms with Crippen LogP contribution in [-0.2, 0) is 19.8 Å². The lowest BCUT2D eigenvalue weighted by Crippen LogP contribution is -2.56. The van der Waals surface area contributed by atoms with E-state index in [-0.39, 0.29) is 23.8 Å². The molecule has 0 radical (unpaired) electrons. The lowest BCUT2D eigenvalue weighted by Gasteiger charge is -2.39. The number of piperazine rings is 1. The molecule has 170 valence electrons. The summed E-state index contributed by atoms with van der Waals surface area (Å²) in [7, 11) is -1.79. The molecule has 2 aliphatic heterocycles. The van der Waals surface area contributed by atoms with Crippen molar-refractivity contribution < 1.29 is 18.0 Å². The molecule has 0 aromatic carbocycles. The number of carbonyl (C=O) groups is 2. The van der Waals surface area contributed by atoms with E-state index < -0.39 is 10.2 Å². The van der Waals surface area contributed by atoms with Gasteiger partial charge in [0.1, 0.15) is 0 Å². The third kappa shape index (κ3) is 4.39. The Labute approximate surface area is 180 Å². The second-order valence-electron chi connectivity index (χ2n) is 9.43. The van der Waals surface area contributed by atoms with E-state index in [1.165, 1.54) is 23.6 Å². The molecule has 2 heterocycles. The van der Waals surface area contributed by atoms with Crippen molar-refractivity contribution in [3.8, 4) is 0 Å². The standard InChI is InChI=1S/C21H36N4O4S/c1-22(18-7-3-2-4-8-18)30(28,29)24-13-11-23(12-14-24)21(27)17-15-20(26)25(16-17)19-9-5-6-10-19/h17-19H,2-16H2,1H3. The molecule has 2 saturated heterocycles. The van der Waals surface area contributed by atoms with Gasteiger partial charge in [-0.1, -0.05) is 32.1 Å². The van der Waals surface area contributed by atoms with Crippen LogP contribution in [0.15, 0.2) is 0 Å². The Balaban J connectivity index is 1.30. The number of rotatable bonds is 5. The fourth-order valence-electron chi connectivity index (χ4n) is 5.68. The highest BCUT2D eigenvalue weighted by Crippen LogP contribution is 2.31. The summed E-state index contributed by atoms with van der Waals surface area (Å²) in [5.41, 5.74) is 0. The van der Waals surface area contributed by atoms with Crippen LogP contribution in [0.25, 0.3) is 0 Å². The van der Waals surface area contributed by atoms with Crippen LogP contribution in [0.2, 0.25) is 0 Å². The second-order valence-corrected chi connectivity index (χ2v) is 11.4. The summed E-state index contributed by atoms with van der Waals surface area (Å²) in [5.74, 6) is -0.150. The first-order chi connectivity index (χ1) is 14.4. The smallest absolute Gasteiger partial charge is 0.282 e. The van der Waals surface area contributed by atoms with E-state index in [9.17, 15) is 18.0 Å². The zero-order valence-corrected chi connectivity index (χ0v) is 19.0. The number of hydrogen-bond donors (Lipinski definition) is 0. The Kier molecular flexibility index (Phi) is 6.70. The van der Waals surface area contributed by atoms with Crippen LogP contribution < -0.4 is 0 Å². The van der Waals surface area contributed by atoms with Crippen molar-refractivity contribution in [2.45, 2.75) is 76.3 Å². The molecule has 4 rings (SSSR count). The summed E-state index contributed by atoms with van der Waals surface area (Å²) in [6.45, 7) is 2.01. The summed E-state index contributed by atoms with van der Waals surface area (Å²) < 4.78 is 29.2. The summed E-state index contributed by atoms with van der Waals surface area (Å²) in [6.07, 6.45) is 9.97. The largest absolute Gasteiger partial charge is 0.340 e. The zero-order chi connectivity index (χ0) is 21.3. The van der Waals surface area contributed by atoms with E-state index in [1.807, 2.05) is 4.90 Å². The molecule has 2 aliphatic carbocycles. The molecular weight excluding hydrogens is 404 g/mol. The summed E-state index contributed by atoms with van der Waals surface area (Å²) in [5, 5.41) is 0. The van der Waals surface area contributed by atoms with Crippen LogP contribution in [0.1, 0.15) is 64.2 Å². The van der Waals surface area contributed by atoms with E-state index in [2.05, 4.69) is 0 Å². The van der Waals surface area contributed by atoms with Gasteiger partial charge in [-0.3, -0.25) is 9.59 Å². The molecule has 0 N–H and O–H groups in total. The Morgan fingerprint density at radius 2 is 1.53 bits per heavy atom. The summed E-state index contributed by atoms with van der Waals surface area (Å²) >= 11 is 0. The molecule has 0 aromatic rings. The Bertz CT molecular complexity index is 738. The van der Waals surface area contributed by atoms with Gasteiger partial charge < -0.3 is 9.80 Å². The topological polar surface area (TPSA) is 81.2 Å². The van der Waals surface area contributed by atoms with Crippen molar-refractivity contribution in [1.29, 1.82) is 0 Å². The fourth-order valence-corrected chi connectivity index (χ4v) is 7.26. The zero-order valence-electron chi connectivity index (χ0n) is 18.2. The van der Waals surface area contributed by atoms with E-state index in [4.69, 9.17) is 0 Å². The lowest BCUT2D eigenvalue weighted by molar-refractivity contribution is -0.137. The molecule has 0 bridgehead atoms. The van der Waals surface area contributed by atoms with Crippen molar-refractivity contribution in [3.05, 3.63) is 0 Å². The Hall–Kier alpha value is -1.19. The lowest BCUT2D eigenvalue weighted by atomic mass is 9.96. The Morgan fingerprint density at radius 1 is 0.933 bits per heavy atom. The van der Waals surface area contributed by atoms with Gasteiger partial charge in [0.2, 0.25) is 11.8 Å². The minimum absolute atomic E-state index is 0.0153. The highest BCUT2D eigenvalue weighted by atomic mass is 32.2. The van der Waals surface area contributed by atoms with Gasteiger partial charge in [-0.15, -0.1) is 0 Å². The van der Waals surface area contributed by atoms with Crippen molar-refractivity contribution >= 4 is 22.0 Å². The third-order valence-corrected chi connectivity index (χ3v) is 9.65. The van der Waals surface area contributed by atoms with Crippen LogP contribution in [0.5, 0.6) is 0 Å². The summed E-state index contributed by atoms with van der Waals surface area (Å²) in [4.78, 5) is 29.1. The predicted octanol–water partition coefficient (Wildman–Crippen LogP) is 1.43. The van der Waals surface area contributed by atoms with Crippen molar-refractivity contribution in [1.82, 2.24) is 18.4 Å². The van der Waals surface area contributed by atoms with Gasteiger partial charge in [0.15, 0.2) is 0 Å². The van der Waals surface area contributed by atoms with E-state index in [1.54, 1.807) is 16.3 Å². The normalized spacial score (nSPS) is 28.1. The van der Waals surface area contributed by atoms with Crippen molar-refractivity contribution in [3.63, 3.8) is 0 Å². The number of hydrogen-bond acceptors (Lipinski definition) is 4. The molecule has 2 amide bonds. The molecule has 30 heavy (non-hydrogen) atoms. The van der Waals surface area contributed by atoms with Crippen molar-refractivity contribution in [2.75, 3.05) is 39.8 Å². The maximum Gasteiger partial charge on any atom is 0.282 e. The number of likely N-dealkylation sites (tertiary alicyclic amines) is 1. The molecule has 2 saturated carbocycles. The fraction of sp³-hybridized carbons (Fsp3) is 0.905. The van der Waals surface area contributed by atoms with Crippen LogP contribution in [0.3, 0.4) is 0 Å². The quantitative estimate of drug-likeness (QED) is 0.648. The molecule has 1 atom stereocenters. The monoisotopic (exact) mass is 440 g/mol. The van der Waals surface area contributed by atoms with E-state index >= 15 is 0 Å². The number of amides is 2. The minimum atomic E-state index is -3.49. The minimum Gasteiger partial charge on any atom is -0.340 e. The molecule has 0 spiro atoms.